The zero-order valence-corrected chi connectivity index (χ0v) is 11.3. The van der Waals surface area contributed by atoms with Crippen LogP contribution in [0.5, 0.6) is 5.75 Å². The van der Waals surface area contributed by atoms with Crippen LogP contribution in [0.4, 0.5) is 0 Å². The van der Waals surface area contributed by atoms with E-state index in [2.05, 4.69) is 0 Å². The minimum atomic E-state index is -1.07. The third-order valence-corrected chi connectivity index (χ3v) is 3.08. The Labute approximate surface area is 116 Å². The number of hydrogen-bond acceptors (Lipinski definition) is 4. The fourth-order valence-corrected chi connectivity index (χ4v) is 1.97. The van der Waals surface area contributed by atoms with Gasteiger partial charge >= 0.3 is 5.97 Å². The fourth-order valence-electron chi connectivity index (χ4n) is 1.97. The SMILES string of the molecule is Cc1ccc(C(=O)O)c(OCC(=O)N2CCOCC2)c1. The Kier molecular flexibility index (Phi) is 4.57. The number of rotatable bonds is 4. The monoisotopic (exact) mass is 279 g/mol. The summed E-state index contributed by atoms with van der Waals surface area (Å²) in [6.45, 7) is 3.81. The van der Waals surface area contributed by atoms with Gasteiger partial charge in [-0.15, -0.1) is 0 Å². The number of ether oxygens (including phenoxy) is 2. The molecular weight excluding hydrogens is 262 g/mol. The van der Waals surface area contributed by atoms with Crippen LogP contribution in [0.3, 0.4) is 0 Å². The second kappa shape index (κ2) is 6.38. The first-order valence-electron chi connectivity index (χ1n) is 6.40. The first-order chi connectivity index (χ1) is 9.58. The summed E-state index contributed by atoms with van der Waals surface area (Å²) in [6.07, 6.45) is 0. The molecule has 0 aromatic heterocycles. The molecule has 0 bridgehead atoms. The average Bonchev–Trinajstić information content (AvgIpc) is 2.45. The third-order valence-electron chi connectivity index (χ3n) is 3.08. The van der Waals surface area contributed by atoms with E-state index in [4.69, 9.17) is 14.6 Å². The summed E-state index contributed by atoms with van der Waals surface area (Å²) in [5, 5.41) is 9.08. The van der Waals surface area contributed by atoms with Crippen molar-refractivity contribution in [3.05, 3.63) is 29.3 Å². The molecule has 2 rings (SSSR count). The second-order valence-corrected chi connectivity index (χ2v) is 4.59. The standard InChI is InChI=1S/C14H17NO5/c1-10-2-3-11(14(17)18)12(8-10)20-9-13(16)15-4-6-19-7-5-15/h2-3,8H,4-7,9H2,1H3,(H,17,18). The number of carbonyl (C=O) groups is 2. The second-order valence-electron chi connectivity index (χ2n) is 4.59. The topological polar surface area (TPSA) is 76.1 Å². The van der Waals surface area contributed by atoms with E-state index < -0.39 is 5.97 Å². The lowest BCUT2D eigenvalue weighted by Crippen LogP contribution is -2.43. The van der Waals surface area contributed by atoms with Crippen molar-refractivity contribution in [1.82, 2.24) is 4.90 Å². The lowest BCUT2D eigenvalue weighted by Gasteiger charge is -2.26. The highest BCUT2D eigenvalue weighted by Crippen LogP contribution is 2.20. The number of amides is 1. The van der Waals surface area contributed by atoms with Crippen LogP contribution >= 0.6 is 0 Å². The van der Waals surface area contributed by atoms with Gasteiger partial charge in [-0.05, 0) is 24.6 Å². The average molecular weight is 279 g/mol. The van der Waals surface area contributed by atoms with Crippen molar-refractivity contribution >= 4 is 11.9 Å². The van der Waals surface area contributed by atoms with Gasteiger partial charge in [-0.3, -0.25) is 4.79 Å². The van der Waals surface area contributed by atoms with Crippen LogP contribution in [0.2, 0.25) is 0 Å². The Morgan fingerprint density at radius 3 is 2.70 bits per heavy atom. The molecule has 0 unspecified atom stereocenters. The molecule has 0 aliphatic carbocycles. The zero-order valence-electron chi connectivity index (χ0n) is 11.3. The van der Waals surface area contributed by atoms with Gasteiger partial charge in [-0.2, -0.15) is 0 Å². The maximum Gasteiger partial charge on any atom is 0.339 e. The number of hydrogen-bond donors (Lipinski definition) is 1. The summed E-state index contributed by atoms with van der Waals surface area (Å²) in [4.78, 5) is 24.7. The number of carboxylic acids is 1. The molecule has 0 saturated carbocycles. The van der Waals surface area contributed by atoms with Gasteiger partial charge in [0.15, 0.2) is 6.61 Å². The largest absolute Gasteiger partial charge is 0.483 e. The normalized spacial score (nSPS) is 14.9. The molecule has 0 spiro atoms. The van der Waals surface area contributed by atoms with Crippen molar-refractivity contribution < 1.29 is 24.2 Å². The molecule has 108 valence electrons. The van der Waals surface area contributed by atoms with E-state index in [0.29, 0.717) is 26.3 Å². The molecule has 1 aromatic carbocycles. The van der Waals surface area contributed by atoms with Crippen LogP contribution in [-0.4, -0.2) is 54.8 Å². The van der Waals surface area contributed by atoms with Crippen LogP contribution in [0.25, 0.3) is 0 Å². The molecule has 6 nitrogen and oxygen atoms in total. The quantitative estimate of drug-likeness (QED) is 0.887. The van der Waals surface area contributed by atoms with Crippen molar-refractivity contribution in [2.75, 3.05) is 32.9 Å². The summed E-state index contributed by atoms with van der Waals surface area (Å²) >= 11 is 0. The molecule has 1 aliphatic heterocycles. The number of morpholine rings is 1. The van der Waals surface area contributed by atoms with Gasteiger partial charge in [0.1, 0.15) is 11.3 Å². The summed E-state index contributed by atoms with van der Waals surface area (Å²) in [6, 6.07) is 4.79. The summed E-state index contributed by atoms with van der Waals surface area (Å²) in [7, 11) is 0. The molecule has 1 saturated heterocycles. The van der Waals surface area contributed by atoms with Crippen molar-refractivity contribution in [3.63, 3.8) is 0 Å². The maximum atomic E-state index is 11.9. The zero-order chi connectivity index (χ0) is 14.5. The summed E-state index contributed by atoms with van der Waals surface area (Å²) < 4.78 is 10.5. The molecule has 1 amide bonds. The van der Waals surface area contributed by atoms with Crippen molar-refractivity contribution in [2.24, 2.45) is 0 Å². The first-order valence-corrected chi connectivity index (χ1v) is 6.40. The van der Waals surface area contributed by atoms with Crippen molar-refractivity contribution in [2.45, 2.75) is 6.92 Å². The lowest BCUT2D eigenvalue weighted by molar-refractivity contribution is -0.137. The number of nitrogens with zero attached hydrogens (tertiary/aromatic N) is 1. The van der Waals surface area contributed by atoms with E-state index in [1.807, 2.05) is 6.92 Å². The molecule has 1 N–H and O–H groups in total. The Bertz CT molecular complexity index is 508. The molecule has 1 heterocycles. The molecule has 6 heteroatoms. The molecule has 0 atom stereocenters. The minimum Gasteiger partial charge on any atom is -0.483 e. The van der Waals surface area contributed by atoms with Crippen LogP contribution in [0.15, 0.2) is 18.2 Å². The van der Waals surface area contributed by atoms with E-state index >= 15 is 0 Å². The van der Waals surface area contributed by atoms with Crippen molar-refractivity contribution in [3.8, 4) is 5.75 Å². The van der Waals surface area contributed by atoms with Gasteiger partial charge in [0.25, 0.3) is 5.91 Å². The van der Waals surface area contributed by atoms with E-state index in [-0.39, 0.29) is 23.8 Å². The van der Waals surface area contributed by atoms with Gasteiger partial charge in [0.05, 0.1) is 13.2 Å². The van der Waals surface area contributed by atoms with Gasteiger partial charge in [-0.1, -0.05) is 6.07 Å². The number of carbonyl (C=O) groups excluding carboxylic acids is 1. The predicted octanol–water partition coefficient (Wildman–Crippen LogP) is 0.931. The maximum absolute atomic E-state index is 11.9. The minimum absolute atomic E-state index is 0.0605. The number of aromatic carboxylic acids is 1. The van der Waals surface area contributed by atoms with Crippen LogP contribution in [0, 0.1) is 6.92 Å². The predicted molar refractivity (Wildman–Crippen MR) is 71.0 cm³/mol. The summed E-state index contributed by atoms with van der Waals surface area (Å²) in [5.74, 6) is -1.01. The highest BCUT2D eigenvalue weighted by atomic mass is 16.5. The van der Waals surface area contributed by atoms with E-state index in [9.17, 15) is 9.59 Å². The first kappa shape index (κ1) is 14.3. The van der Waals surface area contributed by atoms with E-state index in [1.54, 1.807) is 17.0 Å². The lowest BCUT2D eigenvalue weighted by atomic mass is 10.1. The van der Waals surface area contributed by atoms with Gasteiger partial charge in [0.2, 0.25) is 0 Å². The molecule has 1 aliphatic rings. The van der Waals surface area contributed by atoms with Crippen LogP contribution in [0.1, 0.15) is 15.9 Å². The number of carboxylic acid groups (broad SMARTS) is 1. The van der Waals surface area contributed by atoms with Crippen LogP contribution < -0.4 is 4.74 Å². The van der Waals surface area contributed by atoms with Crippen LogP contribution in [-0.2, 0) is 9.53 Å². The molecule has 0 radical (unpaired) electrons. The Morgan fingerprint density at radius 1 is 1.35 bits per heavy atom. The molecule has 1 aromatic rings. The Hall–Kier alpha value is -2.08. The molecular formula is C14H17NO5. The fraction of sp³-hybridized carbons (Fsp3) is 0.429. The van der Waals surface area contributed by atoms with Gasteiger partial charge < -0.3 is 19.5 Å². The summed E-state index contributed by atoms with van der Waals surface area (Å²) in [5.41, 5.74) is 0.939. The van der Waals surface area contributed by atoms with Crippen molar-refractivity contribution in [1.29, 1.82) is 0 Å². The number of aryl methyl sites for hydroxylation is 1. The smallest absolute Gasteiger partial charge is 0.339 e. The van der Waals surface area contributed by atoms with Gasteiger partial charge in [-0.25, -0.2) is 4.79 Å². The van der Waals surface area contributed by atoms with E-state index in [1.165, 1.54) is 6.07 Å². The molecule has 1 fully saturated rings. The third kappa shape index (κ3) is 3.48. The Morgan fingerprint density at radius 2 is 2.05 bits per heavy atom. The molecule has 20 heavy (non-hydrogen) atoms. The Balaban J connectivity index is 2.01. The highest BCUT2D eigenvalue weighted by molar-refractivity contribution is 5.91. The highest BCUT2D eigenvalue weighted by Gasteiger charge is 2.18. The number of benzene rings is 1. The van der Waals surface area contributed by atoms with Gasteiger partial charge in [0, 0.05) is 13.1 Å². The van der Waals surface area contributed by atoms with E-state index in [0.717, 1.165) is 5.56 Å².